The van der Waals surface area contributed by atoms with E-state index in [1.54, 1.807) is 20.8 Å². The second kappa shape index (κ2) is 5.19. The molecule has 0 saturated heterocycles. The fraction of sp³-hybridized carbons (Fsp3) is 0.500. The van der Waals surface area contributed by atoms with Crippen molar-refractivity contribution in [3.63, 3.8) is 0 Å². The van der Waals surface area contributed by atoms with Gasteiger partial charge in [-0.2, -0.15) is 0 Å². The molecule has 0 radical (unpaired) electrons. The Morgan fingerprint density at radius 1 is 1.32 bits per heavy atom. The third kappa shape index (κ3) is 3.45. The van der Waals surface area contributed by atoms with E-state index in [1.807, 2.05) is 24.3 Å². The molecule has 0 aliphatic heterocycles. The summed E-state index contributed by atoms with van der Waals surface area (Å²) >= 11 is 0. The van der Waals surface area contributed by atoms with Gasteiger partial charge in [0.15, 0.2) is 0 Å². The van der Waals surface area contributed by atoms with E-state index in [4.69, 9.17) is 4.74 Å². The van der Waals surface area contributed by atoms with Crippen LogP contribution in [0.25, 0.3) is 0 Å². The maximum absolute atomic E-state index is 11.6. The highest BCUT2D eigenvalue weighted by Gasteiger charge is 2.29. The van der Waals surface area contributed by atoms with Crippen molar-refractivity contribution in [1.29, 1.82) is 0 Å². The summed E-state index contributed by atoms with van der Waals surface area (Å²) in [6.07, 6.45) is -0.477. The molecule has 0 aromatic heterocycles. The van der Waals surface area contributed by atoms with Gasteiger partial charge in [0.05, 0.1) is 12.1 Å². The first-order valence-corrected chi connectivity index (χ1v) is 6.38. The summed E-state index contributed by atoms with van der Waals surface area (Å²) < 4.78 is 5.14. The molecule has 3 N–H and O–H groups in total. The largest absolute Gasteiger partial charge is 0.443 e. The molecule has 2 rings (SSSR count). The first-order chi connectivity index (χ1) is 8.87. The van der Waals surface area contributed by atoms with Crippen molar-refractivity contribution in [1.82, 2.24) is 10.9 Å². The van der Waals surface area contributed by atoms with Crippen molar-refractivity contribution >= 4 is 6.09 Å². The molecule has 1 aliphatic carbocycles. The van der Waals surface area contributed by atoms with Crippen LogP contribution in [0.3, 0.4) is 0 Å². The molecule has 0 fully saturated rings. The van der Waals surface area contributed by atoms with Gasteiger partial charge in [0.1, 0.15) is 5.60 Å². The fourth-order valence-electron chi connectivity index (χ4n) is 2.20. The highest BCUT2D eigenvalue weighted by Crippen LogP contribution is 2.37. The van der Waals surface area contributed by atoms with Crippen LogP contribution in [0.5, 0.6) is 0 Å². The van der Waals surface area contributed by atoms with Crippen LogP contribution >= 0.6 is 0 Å². The number of hydrogen-bond donors (Lipinski definition) is 3. The Bertz CT molecular complexity index is 468. The summed E-state index contributed by atoms with van der Waals surface area (Å²) in [6.45, 7) is 5.42. The van der Waals surface area contributed by atoms with Gasteiger partial charge in [0.25, 0.3) is 0 Å². The van der Waals surface area contributed by atoms with Crippen molar-refractivity contribution in [3.05, 3.63) is 35.4 Å². The molecule has 5 nitrogen and oxygen atoms in total. The van der Waals surface area contributed by atoms with Gasteiger partial charge in [-0.25, -0.2) is 10.2 Å². The Labute approximate surface area is 112 Å². The molecule has 1 aromatic carbocycles. The lowest BCUT2D eigenvalue weighted by Gasteiger charge is -2.21. The quantitative estimate of drug-likeness (QED) is 0.716. The fourth-order valence-corrected chi connectivity index (χ4v) is 2.20. The van der Waals surface area contributed by atoms with Crippen LogP contribution in [0.2, 0.25) is 0 Å². The average molecular weight is 264 g/mol. The van der Waals surface area contributed by atoms with Gasteiger partial charge in [-0.05, 0) is 38.3 Å². The van der Waals surface area contributed by atoms with Crippen molar-refractivity contribution in [2.75, 3.05) is 0 Å². The first kappa shape index (κ1) is 13.8. The van der Waals surface area contributed by atoms with Gasteiger partial charge >= 0.3 is 6.09 Å². The standard InChI is InChI=1S/C14H20N2O3/c1-14(2,3)19-13(18)16-15-11-8-12(17)10-7-5-4-6-9(10)11/h4-7,11-12,15,17H,8H2,1-3H3,(H,16,18). The molecular formula is C14H20N2O3. The molecule has 5 heteroatoms. The number of hydrazine groups is 1. The molecule has 104 valence electrons. The smallest absolute Gasteiger partial charge is 0.422 e. The number of aliphatic hydroxyl groups is 1. The molecule has 1 amide bonds. The minimum Gasteiger partial charge on any atom is -0.443 e. The van der Waals surface area contributed by atoms with Crippen LogP contribution in [0.1, 0.15) is 50.5 Å². The molecule has 2 atom stereocenters. The van der Waals surface area contributed by atoms with E-state index in [9.17, 15) is 9.90 Å². The van der Waals surface area contributed by atoms with Gasteiger partial charge in [0, 0.05) is 0 Å². The molecule has 0 heterocycles. The second-order valence-electron chi connectivity index (χ2n) is 5.70. The van der Waals surface area contributed by atoms with E-state index >= 15 is 0 Å². The van der Waals surface area contributed by atoms with Crippen LogP contribution in [0.15, 0.2) is 24.3 Å². The van der Waals surface area contributed by atoms with E-state index < -0.39 is 17.8 Å². The molecule has 1 aromatic rings. The monoisotopic (exact) mass is 264 g/mol. The van der Waals surface area contributed by atoms with Crippen molar-refractivity contribution in [3.8, 4) is 0 Å². The van der Waals surface area contributed by atoms with E-state index in [-0.39, 0.29) is 6.04 Å². The van der Waals surface area contributed by atoms with E-state index in [1.165, 1.54) is 0 Å². The number of fused-ring (bicyclic) bond motifs is 1. The van der Waals surface area contributed by atoms with E-state index in [2.05, 4.69) is 10.9 Å². The predicted octanol–water partition coefficient (Wildman–Crippen LogP) is 2.19. The molecule has 0 spiro atoms. The summed E-state index contributed by atoms with van der Waals surface area (Å²) in [5.41, 5.74) is 6.81. The van der Waals surface area contributed by atoms with E-state index in [0.717, 1.165) is 11.1 Å². The molecule has 1 aliphatic rings. The highest BCUT2D eigenvalue weighted by atomic mass is 16.6. The average Bonchev–Trinajstić information content (AvgIpc) is 2.62. The number of carbonyl (C=O) groups is 1. The van der Waals surface area contributed by atoms with Gasteiger partial charge < -0.3 is 9.84 Å². The van der Waals surface area contributed by atoms with Gasteiger partial charge in [-0.1, -0.05) is 24.3 Å². The molecule has 0 saturated carbocycles. The summed E-state index contributed by atoms with van der Waals surface area (Å²) in [5, 5.41) is 9.92. The van der Waals surface area contributed by atoms with Crippen molar-refractivity contribution < 1.29 is 14.6 Å². The van der Waals surface area contributed by atoms with Crippen LogP contribution in [-0.4, -0.2) is 16.8 Å². The lowest BCUT2D eigenvalue weighted by atomic mass is 10.1. The zero-order chi connectivity index (χ0) is 14.0. The Morgan fingerprint density at radius 2 is 1.95 bits per heavy atom. The molecule has 2 unspecified atom stereocenters. The Kier molecular flexibility index (Phi) is 3.78. The molecule has 19 heavy (non-hydrogen) atoms. The molecule has 0 bridgehead atoms. The van der Waals surface area contributed by atoms with Crippen molar-refractivity contribution in [2.24, 2.45) is 0 Å². The maximum Gasteiger partial charge on any atom is 0.422 e. The number of rotatable bonds is 2. The van der Waals surface area contributed by atoms with Crippen LogP contribution in [0, 0.1) is 0 Å². The minimum atomic E-state index is -0.529. The predicted molar refractivity (Wildman–Crippen MR) is 71.3 cm³/mol. The first-order valence-electron chi connectivity index (χ1n) is 6.38. The lowest BCUT2D eigenvalue weighted by molar-refractivity contribution is 0.0481. The summed E-state index contributed by atoms with van der Waals surface area (Å²) in [6, 6.07) is 7.55. The third-order valence-electron chi connectivity index (χ3n) is 2.94. The second-order valence-corrected chi connectivity index (χ2v) is 5.70. The number of ether oxygens (including phenoxy) is 1. The van der Waals surface area contributed by atoms with Gasteiger partial charge in [-0.3, -0.25) is 5.43 Å². The van der Waals surface area contributed by atoms with Gasteiger partial charge in [0.2, 0.25) is 0 Å². The van der Waals surface area contributed by atoms with Crippen LogP contribution in [-0.2, 0) is 4.74 Å². The number of aliphatic hydroxyl groups excluding tert-OH is 1. The Morgan fingerprint density at radius 3 is 2.58 bits per heavy atom. The number of nitrogens with one attached hydrogen (secondary N) is 2. The van der Waals surface area contributed by atoms with Crippen LogP contribution < -0.4 is 10.9 Å². The Balaban J connectivity index is 1.94. The summed E-state index contributed by atoms with van der Waals surface area (Å²) in [4.78, 5) is 11.6. The van der Waals surface area contributed by atoms with E-state index in [0.29, 0.717) is 6.42 Å². The zero-order valence-corrected chi connectivity index (χ0v) is 11.4. The normalized spacial score (nSPS) is 21.9. The number of hydrogen-bond acceptors (Lipinski definition) is 4. The number of amides is 1. The number of carbonyl (C=O) groups excluding carboxylic acids is 1. The minimum absolute atomic E-state index is 0.0984. The highest BCUT2D eigenvalue weighted by molar-refractivity contribution is 5.67. The topological polar surface area (TPSA) is 70.6 Å². The summed E-state index contributed by atoms with van der Waals surface area (Å²) in [7, 11) is 0. The maximum atomic E-state index is 11.6. The Hall–Kier alpha value is -1.59. The number of benzene rings is 1. The SMILES string of the molecule is CC(C)(C)OC(=O)NNC1CC(O)c2ccccc21. The lowest BCUT2D eigenvalue weighted by Crippen LogP contribution is -2.42. The van der Waals surface area contributed by atoms with Crippen molar-refractivity contribution in [2.45, 2.75) is 44.9 Å². The van der Waals surface area contributed by atoms with Gasteiger partial charge in [-0.15, -0.1) is 0 Å². The van der Waals surface area contributed by atoms with Crippen LogP contribution in [0.4, 0.5) is 4.79 Å². The third-order valence-corrected chi connectivity index (χ3v) is 2.94. The summed E-state index contributed by atoms with van der Waals surface area (Å²) in [5.74, 6) is 0. The zero-order valence-electron chi connectivity index (χ0n) is 11.4. The molecular weight excluding hydrogens is 244 g/mol.